The molecule has 31 heavy (non-hydrogen) atoms. The van der Waals surface area contributed by atoms with E-state index in [1.54, 1.807) is 0 Å². The predicted octanol–water partition coefficient (Wildman–Crippen LogP) is 4.96. The first-order valence-corrected chi connectivity index (χ1v) is 11.0. The molecule has 158 valence electrons. The standard InChI is InChI=1S/C24H23ClN4O2/c1-24(2)30-20-16(9-14-3-4-15-5-7-26-12-17(15)10-14)11-19(21(20)31-24)29-8-6-18-22(25)27-13-28-23(18)29/h3-8,10,12-13,16,19-21H,9,11H2,1-2H3/t16-,19+,20+,21-/m0/s1. The molecule has 1 aromatic carbocycles. The molecule has 0 unspecified atom stereocenters. The number of ether oxygens (including phenoxy) is 2. The molecule has 2 fully saturated rings. The first kappa shape index (κ1) is 19.2. The lowest BCUT2D eigenvalue weighted by Gasteiger charge is -2.24. The van der Waals surface area contributed by atoms with Gasteiger partial charge in [-0.1, -0.05) is 23.7 Å². The van der Waals surface area contributed by atoms with Gasteiger partial charge in [0.25, 0.3) is 0 Å². The zero-order chi connectivity index (χ0) is 21.2. The molecular formula is C24H23ClN4O2. The van der Waals surface area contributed by atoms with Gasteiger partial charge in [0.15, 0.2) is 5.79 Å². The average molecular weight is 435 g/mol. The second-order valence-electron chi connectivity index (χ2n) is 9.01. The van der Waals surface area contributed by atoms with Crippen molar-refractivity contribution in [2.24, 2.45) is 5.92 Å². The van der Waals surface area contributed by atoms with Gasteiger partial charge in [0, 0.05) is 24.0 Å². The number of hydrogen-bond acceptors (Lipinski definition) is 5. The number of halogens is 1. The van der Waals surface area contributed by atoms with Crippen LogP contribution in [0.5, 0.6) is 0 Å². The first-order valence-electron chi connectivity index (χ1n) is 10.6. The van der Waals surface area contributed by atoms with Crippen LogP contribution in [-0.2, 0) is 15.9 Å². The average Bonchev–Trinajstić information content (AvgIpc) is 3.40. The molecule has 0 bridgehead atoms. The zero-order valence-electron chi connectivity index (χ0n) is 17.4. The summed E-state index contributed by atoms with van der Waals surface area (Å²) in [5.41, 5.74) is 2.13. The van der Waals surface area contributed by atoms with Gasteiger partial charge in [-0.15, -0.1) is 0 Å². The minimum atomic E-state index is -0.602. The molecule has 4 heterocycles. The number of rotatable bonds is 3. The molecule has 0 spiro atoms. The molecule has 1 aliphatic carbocycles. The van der Waals surface area contributed by atoms with E-state index in [0.717, 1.165) is 29.3 Å². The van der Waals surface area contributed by atoms with Crippen LogP contribution < -0.4 is 0 Å². The molecule has 6 rings (SSSR count). The van der Waals surface area contributed by atoms with Crippen molar-refractivity contribution >= 4 is 33.4 Å². The Morgan fingerprint density at radius 2 is 1.97 bits per heavy atom. The molecule has 1 saturated carbocycles. The van der Waals surface area contributed by atoms with E-state index >= 15 is 0 Å². The lowest BCUT2D eigenvalue weighted by molar-refractivity contribution is -0.160. The molecule has 1 saturated heterocycles. The van der Waals surface area contributed by atoms with Gasteiger partial charge in [0.1, 0.15) is 23.2 Å². The van der Waals surface area contributed by atoms with E-state index in [-0.39, 0.29) is 18.2 Å². The summed E-state index contributed by atoms with van der Waals surface area (Å²) in [6, 6.07) is 10.8. The van der Waals surface area contributed by atoms with Crippen molar-refractivity contribution in [1.29, 1.82) is 0 Å². The molecule has 0 N–H and O–H groups in total. The smallest absolute Gasteiger partial charge is 0.163 e. The summed E-state index contributed by atoms with van der Waals surface area (Å²) >= 11 is 6.29. The summed E-state index contributed by atoms with van der Waals surface area (Å²) in [5, 5.41) is 3.71. The molecular weight excluding hydrogens is 412 g/mol. The van der Waals surface area contributed by atoms with Crippen LogP contribution in [-0.4, -0.2) is 37.5 Å². The van der Waals surface area contributed by atoms with E-state index in [1.165, 1.54) is 17.3 Å². The third-order valence-electron chi connectivity index (χ3n) is 6.57. The van der Waals surface area contributed by atoms with Crippen molar-refractivity contribution in [3.05, 3.63) is 66.0 Å². The van der Waals surface area contributed by atoms with Crippen LogP contribution in [0.1, 0.15) is 31.9 Å². The molecule has 0 amide bonds. The maximum absolute atomic E-state index is 6.40. The highest BCUT2D eigenvalue weighted by Gasteiger charge is 2.54. The SMILES string of the molecule is CC1(C)O[C@@H]2[C@@H](Cc3ccc4ccncc4c3)C[C@@H](n3ccc4c(Cl)ncnc43)[C@@H]2O1. The summed E-state index contributed by atoms with van der Waals surface area (Å²) in [6.07, 6.45) is 9.18. The van der Waals surface area contributed by atoms with Gasteiger partial charge in [0.2, 0.25) is 0 Å². The van der Waals surface area contributed by atoms with Crippen LogP contribution >= 0.6 is 11.6 Å². The van der Waals surface area contributed by atoms with Gasteiger partial charge >= 0.3 is 0 Å². The van der Waals surface area contributed by atoms with E-state index in [0.29, 0.717) is 11.1 Å². The van der Waals surface area contributed by atoms with Gasteiger partial charge in [-0.05, 0) is 61.8 Å². The molecule has 7 heteroatoms. The van der Waals surface area contributed by atoms with Gasteiger partial charge in [-0.3, -0.25) is 4.98 Å². The van der Waals surface area contributed by atoms with Gasteiger partial charge in [0.05, 0.1) is 17.5 Å². The Morgan fingerprint density at radius 1 is 1.10 bits per heavy atom. The van der Waals surface area contributed by atoms with Crippen LogP contribution in [0, 0.1) is 5.92 Å². The third kappa shape index (κ3) is 3.21. The fourth-order valence-corrected chi connectivity index (χ4v) is 5.49. The number of pyridine rings is 1. The summed E-state index contributed by atoms with van der Waals surface area (Å²) in [5.74, 6) is -0.268. The molecule has 3 aromatic heterocycles. The van der Waals surface area contributed by atoms with Crippen LogP contribution in [0.2, 0.25) is 5.15 Å². The highest BCUT2D eigenvalue weighted by molar-refractivity contribution is 6.33. The molecule has 4 atom stereocenters. The lowest BCUT2D eigenvalue weighted by Crippen LogP contribution is -2.27. The number of nitrogens with zero attached hydrogens (tertiary/aromatic N) is 4. The maximum atomic E-state index is 6.40. The van der Waals surface area contributed by atoms with E-state index in [1.807, 2.05) is 44.6 Å². The minimum Gasteiger partial charge on any atom is -0.344 e. The predicted molar refractivity (Wildman–Crippen MR) is 119 cm³/mol. The van der Waals surface area contributed by atoms with Crippen LogP contribution in [0.4, 0.5) is 0 Å². The Morgan fingerprint density at radius 3 is 2.87 bits per heavy atom. The van der Waals surface area contributed by atoms with Crippen molar-refractivity contribution in [2.45, 2.75) is 50.7 Å². The van der Waals surface area contributed by atoms with Crippen molar-refractivity contribution in [2.75, 3.05) is 0 Å². The molecule has 0 radical (unpaired) electrons. The van der Waals surface area contributed by atoms with E-state index in [9.17, 15) is 0 Å². The number of hydrogen-bond donors (Lipinski definition) is 0. The monoisotopic (exact) mass is 434 g/mol. The van der Waals surface area contributed by atoms with Gasteiger partial charge in [-0.2, -0.15) is 0 Å². The molecule has 4 aromatic rings. The Hall–Kier alpha value is -2.54. The van der Waals surface area contributed by atoms with Crippen molar-refractivity contribution in [1.82, 2.24) is 19.5 Å². The fourth-order valence-electron chi connectivity index (χ4n) is 5.30. The largest absolute Gasteiger partial charge is 0.344 e. The van der Waals surface area contributed by atoms with E-state index < -0.39 is 5.79 Å². The second kappa shape index (κ2) is 6.99. The Labute approximate surface area is 185 Å². The van der Waals surface area contributed by atoms with E-state index in [4.69, 9.17) is 21.1 Å². The first-order chi connectivity index (χ1) is 15.0. The second-order valence-corrected chi connectivity index (χ2v) is 9.37. The van der Waals surface area contributed by atoms with Crippen molar-refractivity contribution in [3.8, 4) is 0 Å². The Kier molecular flexibility index (Phi) is 4.32. The summed E-state index contributed by atoms with van der Waals surface area (Å²) < 4.78 is 15.0. The topological polar surface area (TPSA) is 62.1 Å². The van der Waals surface area contributed by atoms with Crippen molar-refractivity contribution in [3.63, 3.8) is 0 Å². The highest BCUT2D eigenvalue weighted by atomic mass is 35.5. The molecule has 2 aliphatic rings. The normalized spacial score (nSPS) is 27.2. The molecule has 1 aliphatic heterocycles. The lowest BCUT2D eigenvalue weighted by atomic mass is 9.94. The van der Waals surface area contributed by atoms with Crippen LogP contribution in [0.25, 0.3) is 21.8 Å². The minimum absolute atomic E-state index is 0.0272. The Bertz CT molecular complexity index is 1290. The Balaban J connectivity index is 1.35. The third-order valence-corrected chi connectivity index (χ3v) is 6.87. The summed E-state index contributed by atoms with van der Waals surface area (Å²) in [6.45, 7) is 3.99. The maximum Gasteiger partial charge on any atom is 0.163 e. The zero-order valence-corrected chi connectivity index (χ0v) is 18.2. The quantitative estimate of drug-likeness (QED) is 0.426. The summed E-state index contributed by atoms with van der Waals surface area (Å²) in [7, 11) is 0. The number of benzene rings is 1. The molecule has 6 nitrogen and oxygen atoms in total. The number of aromatic nitrogens is 4. The van der Waals surface area contributed by atoms with Crippen molar-refractivity contribution < 1.29 is 9.47 Å². The van der Waals surface area contributed by atoms with Gasteiger partial charge < -0.3 is 14.0 Å². The van der Waals surface area contributed by atoms with E-state index in [2.05, 4.69) is 37.7 Å². The summed E-state index contributed by atoms with van der Waals surface area (Å²) in [4.78, 5) is 12.9. The fraction of sp³-hybridized carbons (Fsp3) is 0.375. The van der Waals surface area contributed by atoms with Gasteiger partial charge in [-0.25, -0.2) is 9.97 Å². The number of fused-ring (bicyclic) bond motifs is 3. The van der Waals surface area contributed by atoms with Crippen LogP contribution in [0.15, 0.2) is 55.2 Å². The van der Waals surface area contributed by atoms with Crippen LogP contribution in [0.3, 0.4) is 0 Å². The highest BCUT2D eigenvalue weighted by Crippen LogP contribution is 2.48.